The zero-order valence-corrected chi connectivity index (χ0v) is 12.4. The van der Waals surface area contributed by atoms with E-state index < -0.39 is 6.04 Å². The number of nitrogens with zero attached hydrogens (tertiary/aromatic N) is 2. The first kappa shape index (κ1) is 16.2. The van der Waals surface area contributed by atoms with E-state index in [1.165, 1.54) is 0 Å². The van der Waals surface area contributed by atoms with Gasteiger partial charge in [0.2, 0.25) is 11.8 Å². The van der Waals surface area contributed by atoms with Crippen molar-refractivity contribution in [3.05, 3.63) is 12.4 Å². The largest absolute Gasteiger partial charge is 0.346 e. The number of carbonyl (C=O) groups is 2. The Morgan fingerprint density at radius 2 is 2.00 bits per heavy atom. The second-order valence-electron chi connectivity index (χ2n) is 5.34. The van der Waals surface area contributed by atoms with Crippen molar-refractivity contribution in [2.75, 3.05) is 11.9 Å². The van der Waals surface area contributed by atoms with Crippen LogP contribution < -0.4 is 16.4 Å². The number of anilines is 1. The third kappa shape index (κ3) is 4.65. The van der Waals surface area contributed by atoms with Crippen molar-refractivity contribution in [3.8, 4) is 0 Å². The van der Waals surface area contributed by atoms with Crippen LogP contribution in [0.1, 0.15) is 33.7 Å². The summed E-state index contributed by atoms with van der Waals surface area (Å²) in [4.78, 5) is 23.3. The average molecular weight is 281 g/mol. The second-order valence-corrected chi connectivity index (χ2v) is 5.34. The molecule has 4 N–H and O–H groups in total. The van der Waals surface area contributed by atoms with Gasteiger partial charge >= 0.3 is 0 Å². The molecule has 1 heterocycles. The van der Waals surface area contributed by atoms with E-state index in [2.05, 4.69) is 15.7 Å². The summed E-state index contributed by atoms with van der Waals surface area (Å²) >= 11 is 0. The van der Waals surface area contributed by atoms with E-state index in [1.54, 1.807) is 17.1 Å². The van der Waals surface area contributed by atoms with Gasteiger partial charge < -0.3 is 16.4 Å². The third-order valence-corrected chi connectivity index (χ3v) is 2.86. The average Bonchev–Trinajstić information content (AvgIpc) is 2.83. The lowest BCUT2D eigenvalue weighted by molar-refractivity contribution is -0.125. The predicted octanol–water partition coefficient (Wildman–Crippen LogP) is 0.502. The Morgan fingerprint density at radius 3 is 2.50 bits per heavy atom. The maximum Gasteiger partial charge on any atom is 0.243 e. The van der Waals surface area contributed by atoms with Crippen LogP contribution in [0.5, 0.6) is 0 Å². The van der Waals surface area contributed by atoms with Gasteiger partial charge in [0.15, 0.2) is 0 Å². The number of nitrogens with two attached hydrogens (primary N) is 1. The van der Waals surface area contributed by atoms with Crippen molar-refractivity contribution in [3.63, 3.8) is 0 Å². The van der Waals surface area contributed by atoms with Crippen LogP contribution in [0, 0.1) is 5.92 Å². The minimum Gasteiger partial charge on any atom is -0.346 e. The molecule has 0 aliphatic heterocycles. The molecular weight excluding hydrogens is 258 g/mol. The fourth-order valence-electron chi connectivity index (χ4n) is 1.48. The topological polar surface area (TPSA) is 102 Å². The minimum atomic E-state index is -0.605. The molecule has 0 bridgehead atoms. The third-order valence-electron chi connectivity index (χ3n) is 2.86. The molecule has 0 unspecified atom stereocenters. The Kier molecular flexibility index (Phi) is 5.69. The van der Waals surface area contributed by atoms with Crippen LogP contribution >= 0.6 is 0 Å². The molecule has 112 valence electrons. The lowest BCUT2D eigenvalue weighted by Gasteiger charge is -2.14. The number of nitrogens with one attached hydrogen (secondary N) is 2. The first-order valence-corrected chi connectivity index (χ1v) is 6.68. The molecule has 1 atom stereocenters. The van der Waals surface area contributed by atoms with Crippen molar-refractivity contribution >= 4 is 17.5 Å². The molecule has 20 heavy (non-hydrogen) atoms. The number of hydrogen-bond acceptors (Lipinski definition) is 4. The van der Waals surface area contributed by atoms with Crippen molar-refractivity contribution < 1.29 is 9.59 Å². The summed E-state index contributed by atoms with van der Waals surface area (Å²) in [5.41, 5.74) is 6.28. The first-order chi connectivity index (χ1) is 9.31. The van der Waals surface area contributed by atoms with Gasteiger partial charge in [-0.05, 0) is 19.8 Å². The number of carbonyl (C=O) groups excluding carboxylic acids is 2. The summed E-state index contributed by atoms with van der Waals surface area (Å²) in [5, 5.41) is 9.28. The van der Waals surface area contributed by atoms with Crippen LogP contribution in [0.15, 0.2) is 12.4 Å². The van der Waals surface area contributed by atoms with Gasteiger partial charge in [-0.3, -0.25) is 14.3 Å². The quantitative estimate of drug-likeness (QED) is 0.706. The molecule has 0 radical (unpaired) electrons. The first-order valence-electron chi connectivity index (χ1n) is 6.68. The summed E-state index contributed by atoms with van der Waals surface area (Å²) in [7, 11) is 0. The normalized spacial score (nSPS) is 12.6. The van der Waals surface area contributed by atoms with Crippen molar-refractivity contribution in [1.29, 1.82) is 0 Å². The number of amides is 2. The van der Waals surface area contributed by atoms with Gasteiger partial charge in [-0.25, -0.2) is 0 Å². The molecule has 0 aromatic carbocycles. The molecule has 7 heteroatoms. The van der Waals surface area contributed by atoms with E-state index in [1.807, 2.05) is 27.7 Å². The SMILES string of the molecule is CC(C)[C@H](N)C(=O)NCC(=O)Nc1cnn(C(C)C)c1. The second kappa shape index (κ2) is 7.04. The molecule has 0 fully saturated rings. The highest BCUT2D eigenvalue weighted by Crippen LogP contribution is 2.09. The summed E-state index contributed by atoms with van der Waals surface area (Å²) in [5.74, 6) is -0.604. The van der Waals surface area contributed by atoms with E-state index >= 15 is 0 Å². The van der Waals surface area contributed by atoms with Gasteiger partial charge in [-0.2, -0.15) is 5.10 Å². The van der Waals surface area contributed by atoms with Crippen LogP contribution in [0.4, 0.5) is 5.69 Å². The van der Waals surface area contributed by atoms with Crippen molar-refractivity contribution in [2.45, 2.75) is 39.8 Å². The van der Waals surface area contributed by atoms with Gasteiger partial charge in [-0.15, -0.1) is 0 Å². The molecule has 1 aromatic heterocycles. The Bertz CT molecular complexity index is 467. The molecule has 2 amide bonds. The maximum absolute atomic E-state index is 11.7. The lowest BCUT2D eigenvalue weighted by atomic mass is 10.1. The number of rotatable bonds is 6. The molecule has 0 spiro atoms. The van der Waals surface area contributed by atoms with Gasteiger partial charge in [-0.1, -0.05) is 13.8 Å². The molecular formula is C13H23N5O2. The highest BCUT2D eigenvalue weighted by Gasteiger charge is 2.17. The molecule has 7 nitrogen and oxygen atoms in total. The van der Waals surface area contributed by atoms with E-state index in [9.17, 15) is 9.59 Å². The van der Waals surface area contributed by atoms with Crippen LogP contribution in [0.2, 0.25) is 0 Å². The van der Waals surface area contributed by atoms with Crippen molar-refractivity contribution in [1.82, 2.24) is 15.1 Å². The monoisotopic (exact) mass is 281 g/mol. The predicted molar refractivity (Wildman–Crippen MR) is 77.1 cm³/mol. The summed E-state index contributed by atoms with van der Waals surface area (Å²) in [6, 6.07) is -0.379. The Balaban J connectivity index is 2.42. The molecule has 0 aliphatic carbocycles. The minimum absolute atomic E-state index is 0.0299. The number of hydrogen-bond donors (Lipinski definition) is 3. The Labute approximate surface area is 118 Å². The smallest absolute Gasteiger partial charge is 0.243 e. The van der Waals surface area contributed by atoms with Crippen molar-refractivity contribution in [2.24, 2.45) is 11.7 Å². The summed E-state index contributed by atoms with van der Waals surface area (Å²) in [6.07, 6.45) is 3.31. The van der Waals surface area contributed by atoms with Gasteiger partial charge in [0.05, 0.1) is 24.5 Å². The highest BCUT2D eigenvalue weighted by atomic mass is 16.2. The maximum atomic E-state index is 11.7. The molecule has 1 aromatic rings. The van der Waals surface area contributed by atoms with Crippen LogP contribution in [-0.2, 0) is 9.59 Å². The molecule has 0 aliphatic rings. The van der Waals surface area contributed by atoms with E-state index in [0.29, 0.717) is 5.69 Å². The fraction of sp³-hybridized carbons (Fsp3) is 0.615. The van der Waals surface area contributed by atoms with Gasteiger partial charge in [0.25, 0.3) is 0 Å². The summed E-state index contributed by atoms with van der Waals surface area (Å²) < 4.78 is 1.74. The number of aromatic nitrogens is 2. The standard InChI is InChI=1S/C13H23N5O2/c1-8(2)12(14)13(20)15-6-11(19)17-10-5-16-18(7-10)9(3)4/h5,7-9,12H,6,14H2,1-4H3,(H,15,20)(H,17,19)/t12-/m0/s1. The Hall–Kier alpha value is -1.89. The van der Waals surface area contributed by atoms with Crippen LogP contribution in [-0.4, -0.2) is 34.2 Å². The zero-order valence-electron chi connectivity index (χ0n) is 12.4. The highest BCUT2D eigenvalue weighted by molar-refractivity contribution is 5.95. The van der Waals surface area contributed by atoms with Crippen LogP contribution in [0.3, 0.4) is 0 Å². The lowest BCUT2D eigenvalue weighted by Crippen LogP contribution is -2.46. The fourth-order valence-corrected chi connectivity index (χ4v) is 1.48. The molecule has 0 saturated heterocycles. The molecule has 0 saturated carbocycles. The van der Waals surface area contributed by atoms with Crippen LogP contribution in [0.25, 0.3) is 0 Å². The molecule has 1 rings (SSSR count). The summed E-state index contributed by atoms with van der Waals surface area (Å²) in [6.45, 7) is 7.58. The van der Waals surface area contributed by atoms with E-state index in [-0.39, 0.29) is 30.3 Å². The zero-order chi connectivity index (χ0) is 15.3. The van der Waals surface area contributed by atoms with E-state index in [4.69, 9.17) is 5.73 Å². The Morgan fingerprint density at radius 1 is 1.35 bits per heavy atom. The van der Waals surface area contributed by atoms with Gasteiger partial charge in [0, 0.05) is 12.2 Å². The van der Waals surface area contributed by atoms with Gasteiger partial charge in [0.1, 0.15) is 0 Å². The van der Waals surface area contributed by atoms with E-state index in [0.717, 1.165) is 0 Å².